The number of rotatable bonds is 20. The van der Waals surface area contributed by atoms with Crippen LogP contribution in [0.3, 0.4) is 0 Å². The zero-order chi connectivity index (χ0) is 33.8. The van der Waals surface area contributed by atoms with E-state index in [1.165, 1.54) is 20.0 Å². The number of nitrogens with two attached hydrogens (primary N) is 1. The van der Waals surface area contributed by atoms with Crippen molar-refractivity contribution in [2.24, 2.45) is 11.3 Å². The van der Waals surface area contributed by atoms with Gasteiger partial charge < -0.3 is 25.7 Å². The Morgan fingerprint density at radius 3 is 2.45 bits per heavy atom. The van der Waals surface area contributed by atoms with Crippen molar-refractivity contribution in [3.8, 4) is 11.5 Å². The van der Waals surface area contributed by atoms with Gasteiger partial charge in [0.1, 0.15) is 17.4 Å². The molecular formula is C39H53N3O5. The largest absolute Gasteiger partial charge is 0.504 e. The maximum absolute atomic E-state index is 13.1. The smallest absolute Gasteiger partial charge is 0.161 e. The predicted octanol–water partition coefficient (Wildman–Crippen LogP) is 7.71. The van der Waals surface area contributed by atoms with Crippen molar-refractivity contribution in [2.45, 2.75) is 103 Å². The number of aromatic hydroxyl groups is 1. The van der Waals surface area contributed by atoms with E-state index in [0.717, 1.165) is 60.9 Å². The summed E-state index contributed by atoms with van der Waals surface area (Å²) in [5.41, 5.74) is 9.37. The lowest BCUT2D eigenvalue weighted by molar-refractivity contribution is -0.127. The molecule has 0 unspecified atom stereocenters. The first-order chi connectivity index (χ1) is 22.7. The molecule has 0 fully saturated rings. The number of aliphatic hydroxyl groups excluding tert-OH is 1. The molecule has 0 saturated carbocycles. The number of methoxy groups -OCH3 is 1. The van der Waals surface area contributed by atoms with Crippen LogP contribution in [-0.4, -0.2) is 45.5 Å². The highest BCUT2D eigenvalue weighted by molar-refractivity contribution is 5.99. The number of nitrogen functional groups attached to an aromatic ring is 1. The SMILES string of the molecule is CCCCCC(CCCCC)CC(=O)CC(=O)CCc1cc(OC)c(O)c([C@@H]2c3ccnc(N)c3C=C[C@@]2(CO)Cc2ccc[nH]2)c1. The molecule has 8 heteroatoms. The highest BCUT2D eigenvalue weighted by atomic mass is 16.5. The van der Waals surface area contributed by atoms with Gasteiger partial charge in [-0.15, -0.1) is 0 Å². The standard InChI is InChI=1S/C39H53N3O5/c1-4-6-8-11-27(12-9-7-5-2)21-31(45)24-30(44)15-14-28-22-34(37(46)35(23-28)47-3)36-32-17-20-42-38(40)33(32)16-18-39(36,26-43)25-29-13-10-19-41-29/h10,13,16-20,22-23,27,36,41,43,46H,4-9,11-12,14-15,21,24-26H2,1-3H3,(H2,40,42)/t36-,39-/m0/s1. The van der Waals surface area contributed by atoms with E-state index in [9.17, 15) is 19.8 Å². The minimum absolute atomic E-state index is 0.0270. The minimum atomic E-state index is -0.820. The minimum Gasteiger partial charge on any atom is -0.504 e. The lowest BCUT2D eigenvalue weighted by atomic mass is 9.63. The number of Topliss-reactive ketones (excluding diaryl/α,β-unsaturated/α-hetero) is 2. The molecular weight excluding hydrogens is 590 g/mol. The van der Waals surface area contributed by atoms with Crippen LogP contribution in [0.5, 0.6) is 11.5 Å². The summed E-state index contributed by atoms with van der Waals surface area (Å²) in [7, 11) is 1.50. The van der Waals surface area contributed by atoms with Crippen LogP contribution in [0.1, 0.15) is 118 Å². The highest BCUT2D eigenvalue weighted by Crippen LogP contribution is 2.53. The van der Waals surface area contributed by atoms with Gasteiger partial charge in [-0.3, -0.25) is 9.59 Å². The van der Waals surface area contributed by atoms with Gasteiger partial charge in [-0.05, 0) is 54.2 Å². The number of fused-ring (bicyclic) bond motifs is 1. The van der Waals surface area contributed by atoms with Gasteiger partial charge in [0.05, 0.1) is 20.1 Å². The zero-order valence-corrected chi connectivity index (χ0v) is 28.4. The van der Waals surface area contributed by atoms with Crippen LogP contribution in [0.25, 0.3) is 6.08 Å². The number of H-pyrrole nitrogens is 1. The van der Waals surface area contributed by atoms with Gasteiger partial charge >= 0.3 is 0 Å². The van der Waals surface area contributed by atoms with Crippen LogP contribution in [0.2, 0.25) is 0 Å². The van der Waals surface area contributed by atoms with Crippen molar-refractivity contribution in [1.82, 2.24) is 9.97 Å². The molecule has 0 spiro atoms. The summed E-state index contributed by atoms with van der Waals surface area (Å²) < 4.78 is 5.62. The topological polar surface area (TPSA) is 139 Å². The molecule has 0 radical (unpaired) electrons. The summed E-state index contributed by atoms with van der Waals surface area (Å²) in [6, 6.07) is 9.41. The number of nitrogens with zero attached hydrogens (tertiary/aromatic N) is 1. The number of phenolic OH excluding ortho intramolecular Hbond substituents is 1. The van der Waals surface area contributed by atoms with Crippen molar-refractivity contribution in [3.05, 3.63) is 76.7 Å². The fourth-order valence-corrected chi connectivity index (χ4v) is 7.17. The van der Waals surface area contributed by atoms with Gasteiger partial charge in [0, 0.05) is 53.4 Å². The Hall–Kier alpha value is -3.91. The molecule has 0 amide bonds. The number of carbonyl (C=O) groups excluding carboxylic acids is 2. The van der Waals surface area contributed by atoms with Crippen LogP contribution in [-0.2, 0) is 22.4 Å². The van der Waals surface area contributed by atoms with Gasteiger partial charge in [0.2, 0.25) is 0 Å². The maximum atomic E-state index is 13.1. The first kappa shape index (κ1) is 35.9. The van der Waals surface area contributed by atoms with E-state index in [1.54, 1.807) is 12.3 Å². The molecule has 3 aromatic rings. The summed E-state index contributed by atoms with van der Waals surface area (Å²) in [6.07, 6.45) is 17.9. The molecule has 8 nitrogen and oxygen atoms in total. The average molecular weight is 644 g/mol. The fourth-order valence-electron chi connectivity index (χ4n) is 7.17. The third-order valence-electron chi connectivity index (χ3n) is 9.73. The van der Waals surface area contributed by atoms with E-state index in [4.69, 9.17) is 10.5 Å². The molecule has 4 rings (SSSR count). The summed E-state index contributed by atoms with van der Waals surface area (Å²) in [4.78, 5) is 33.6. The number of phenols is 1. The molecule has 0 saturated heterocycles. The number of nitrogens with one attached hydrogen (secondary N) is 1. The van der Waals surface area contributed by atoms with E-state index >= 15 is 0 Å². The monoisotopic (exact) mass is 643 g/mol. The molecule has 0 bridgehead atoms. The van der Waals surface area contributed by atoms with Crippen LogP contribution < -0.4 is 10.5 Å². The third-order valence-corrected chi connectivity index (χ3v) is 9.73. The second-order valence-electron chi connectivity index (χ2n) is 13.3. The van der Waals surface area contributed by atoms with Crippen molar-refractivity contribution < 1.29 is 24.5 Å². The number of aryl methyl sites for hydroxylation is 1. The lowest BCUT2D eigenvalue weighted by Gasteiger charge is -2.41. The predicted molar refractivity (Wildman–Crippen MR) is 188 cm³/mol. The molecule has 1 aromatic carbocycles. The molecule has 1 aliphatic rings. The molecule has 5 N–H and O–H groups in total. The maximum Gasteiger partial charge on any atom is 0.161 e. The van der Waals surface area contributed by atoms with Crippen LogP contribution in [0.15, 0.2) is 48.8 Å². The number of carbonyl (C=O) groups is 2. The number of ether oxygens (including phenoxy) is 1. The van der Waals surface area contributed by atoms with Gasteiger partial charge in [0.25, 0.3) is 0 Å². The molecule has 2 heterocycles. The lowest BCUT2D eigenvalue weighted by Crippen LogP contribution is -2.36. The Labute approximate surface area is 279 Å². The van der Waals surface area contributed by atoms with Crippen molar-refractivity contribution in [3.63, 3.8) is 0 Å². The van der Waals surface area contributed by atoms with Gasteiger partial charge in [-0.25, -0.2) is 4.98 Å². The molecule has 47 heavy (non-hydrogen) atoms. The molecule has 0 aliphatic heterocycles. The number of benzene rings is 1. The summed E-state index contributed by atoms with van der Waals surface area (Å²) in [6.45, 7) is 4.18. The third kappa shape index (κ3) is 9.13. The number of ketones is 2. The first-order valence-corrected chi connectivity index (χ1v) is 17.3. The summed E-state index contributed by atoms with van der Waals surface area (Å²) in [5.74, 6) is 0.438. The number of hydrogen-bond acceptors (Lipinski definition) is 7. The Kier molecular flexibility index (Phi) is 13.2. The Morgan fingerprint density at radius 2 is 1.81 bits per heavy atom. The highest BCUT2D eigenvalue weighted by Gasteiger charge is 2.44. The van der Waals surface area contributed by atoms with Crippen molar-refractivity contribution in [2.75, 3.05) is 19.5 Å². The number of aliphatic hydroxyl groups is 1. The summed E-state index contributed by atoms with van der Waals surface area (Å²) >= 11 is 0. The summed E-state index contributed by atoms with van der Waals surface area (Å²) in [5, 5.41) is 22.5. The molecule has 2 aromatic heterocycles. The Bertz CT molecular complexity index is 1490. The Balaban J connectivity index is 1.56. The van der Waals surface area contributed by atoms with Gasteiger partial charge in [0.15, 0.2) is 11.5 Å². The quantitative estimate of drug-likeness (QED) is 0.0730. The fraction of sp³-hybridized carbons (Fsp3) is 0.513. The average Bonchev–Trinajstić information content (AvgIpc) is 3.57. The number of hydrogen-bond donors (Lipinski definition) is 4. The van der Waals surface area contributed by atoms with E-state index in [0.29, 0.717) is 36.6 Å². The zero-order valence-electron chi connectivity index (χ0n) is 28.4. The second kappa shape index (κ2) is 17.3. The van der Waals surface area contributed by atoms with Crippen molar-refractivity contribution in [1.29, 1.82) is 0 Å². The normalized spacial score (nSPS) is 17.2. The van der Waals surface area contributed by atoms with Crippen LogP contribution >= 0.6 is 0 Å². The number of unbranched alkanes of at least 4 members (excludes halogenated alkanes) is 4. The second-order valence-corrected chi connectivity index (χ2v) is 13.3. The van der Waals surface area contributed by atoms with Crippen LogP contribution in [0.4, 0.5) is 5.82 Å². The van der Waals surface area contributed by atoms with Gasteiger partial charge in [-0.2, -0.15) is 0 Å². The number of aromatic nitrogens is 2. The Morgan fingerprint density at radius 1 is 1.06 bits per heavy atom. The number of pyridine rings is 1. The van der Waals surface area contributed by atoms with E-state index < -0.39 is 11.3 Å². The first-order valence-electron chi connectivity index (χ1n) is 17.3. The number of aromatic amines is 1. The van der Waals surface area contributed by atoms with Crippen LogP contribution in [0, 0.1) is 11.3 Å². The number of anilines is 1. The molecule has 254 valence electrons. The van der Waals surface area contributed by atoms with Crippen molar-refractivity contribution >= 4 is 23.5 Å². The van der Waals surface area contributed by atoms with E-state index in [1.807, 2.05) is 42.6 Å². The van der Waals surface area contributed by atoms with Gasteiger partial charge in [-0.1, -0.05) is 83.4 Å². The molecule has 1 aliphatic carbocycles. The van der Waals surface area contributed by atoms with E-state index in [2.05, 4.69) is 23.8 Å². The van der Waals surface area contributed by atoms with E-state index in [-0.39, 0.29) is 42.5 Å². The molecule has 2 atom stereocenters.